The molecule has 0 aromatic rings. The Balaban J connectivity index is -0.0000000148. The van der Waals surface area contributed by atoms with Gasteiger partial charge in [-0.1, -0.05) is 36.5 Å². The average molecular weight is 429 g/mol. The van der Waals surface area contributed by atoms with E-state index in [0.29, 0.717) is 0 Å². The van der Waals surface area contributed by atoms with Crippen LogP contribution in [0.2, 0.25) is 0 Å². The molecule has 0 radical (unpaired) electrons. The predicted octanol–water partition coefficient (Wildman–Crippen LogP) is 11.8. The Morgan fingerprint density at radius 1 is 0.400 bits per heavy atom. The SMILES string of the molecule is C=C.C=C.C=C.C=C.C=C(F)F.C=CC.C=CC.C=CC.C=CC.C=CC.C=CC. The van der Waals surface area contributed by atoms with Gasteiger partial charge in [0.2, 0.25) is 0 Å². The van der Waals surface area contributed by atoms with E-state index >= 15 is 0 Å². The van der Waals surface area contributed by atoms with Gasteiger partial charge in [0.05, 0.1) is 0 Å². The molecule has 0 unspecified atom stereocenters. The van der Waals surface area contributed by atoms with Crippen LogP contribution in [0.1, 0.15) is 41.5 Å². The van der Waals surface area contributed by atoms with Gasteiger partial charge in [-0.05, 0) is 48.1 Å². The first-order valence-corrected chi connectivity index (χ1v) is 8.65. The third-order valence-electron chi connectivity index (χ3n) is 0. The van der Waals surface area contributed by atoms with Crippen LogP contribution in [0.25, 0.3) is 0 Å². The van der Waals surface area contributed by atoms with Gasteiger partial charge in [0.15, 0.2) is 0 Å². The van der Waals surface area contributed by atoms with Crippen molar-refractivity contribution >= 4 is 0 Å². The largest absolute Gasteiger partial charge is 0.263 e. The highest BCUT2D eigenvalue weighted by molar-refractivity contribution is 4.57. The van der Waals surface area contributed by atoms with Crippen LogP contribution in [0.15, 0.2) is 141 Å². The van der Waals surface area contributed by atoms with E-state index in [0.717, 1.165) is 0 Å². The van der Waals surface area contributed by atoms with Crippen molar-refractivity contribution in [1.29, 1.82) is 0 Å². The standard InChI is InChI=1S/6C3H6.C2H2F2.4C2H4/c6*1-3-2;1-2(3)4;4*1-2/h6*3H,1H2,2H3;1H2;4*1-2H2. The minimum absolute atomic E-state index is 1.75. The third kappa shape index (κ3) is 1600. The minimum Gasteiger partial charge on any atom is -0.174 e. The van der Waals surface area contributed by atoms with Crippen LogP contribution < -0.4 is 0 Å². The van der Waals surface area contributed by atoms with Crippen LogP contribution in [0.5, 0.6) is 0 Å². The van der Waals surface area contributed by atoms with Gasteiger partial charge in [0.1, 0.15) is 0 Å². The molecule has 0 amide bonds. The molecular weight excluding hydrogens is 374 g/mol. The van der Waals surface area contributed by atoms with Gasteiger partial charge in [-0.3, -0.25) is 0 Å². The van der Waals surface area contributed by atoms with E-state index in [-0.39, 0.29) is 0 Å². The van der Waals surface area contributed by atoms with Crippen LogP contribution in [-0.2, 0) is 0 Å². The molecule has 0 spiro atoms. The fourth-order valence-electron chi connectivity index (χ4n) is 0. The fourth-order valence-corrected chi connectivity index (χ4v) is 0. The smallest absolute Gasteiger partial charge is 0.174 e. The summed E-state index contributed by atoms with van der Waals surface area (Å²) in [7, 11) is 0. The number of hydrogen-bond donors (Lipinski definition) is 0. The highest BCUT2D eigenvalue weighted by atomic mass is 19.3. The van der Waals surface area contributed by atoms with Crippen molar-refractivity contribution in [2.75, 3.05) is 0 Å². The molecule has 0 atom stereocenters. The Hall–Kier alpha value is -3.00. The van der Waals surface area contributed by atoms with E-state index in [4.69, 9.17) is 0 Å². The first-order chi connectivity index (χ1) is 14.2. The molecule has 0 aliphatic heterocycles. The first kappa shape index (κ1) is 71.3. The molecule has 0 aliphatic rings. The zero-order valence-corrected chi connectivity index (χ0v) is 21.3. The van der Waals surface area contributed by atoms with Gasteiger partial charge >= 0.3 is 0 Å². The lowest BCUT2D eigenvalue weighted by Crippen LogP contribution is -1.33. The van der Waals surface area contributed by atoms with E-state index in [1.165, 1.54) is 0 Å². The molecule has 30 heavy (non-hydrogen) atoms. The van der Waals surface area contributed by atoms with E-state index in [9.17, 15) is 8.78 Å². The zero-order chi connectivity index (χ0) is 27.8. The number of hydrogen-bond acceptors (Lipinski definition) is 0. The number of rotatable bonds is 0. The van der Waals surface area contributed by atoms with Crippen molar-refractivity contribution < 1.29 is 8.78 Å². The van der Waals surface area contributed by atoms with Gasteiger partial charge < -0.3 is 0 Å². The lowest BCUT2D eigenvalue weighted by Gasteiger charge is -1.54. The second-order valence-corrected chi connectivity index (χ2v) is 2.79. The van der Waals surface area contributed by atoms with Crippen LogP contribution >= 0.6 is 0 Å². The molecule has 0 saturated heterocycles. The maximum atomic E-state index is 10.1. The summed E-state index contributed by atoms with van der Waals surface area (Å²) in [6, 6.07) is 0. The Labute approximate surface area is 191 Å². The molecule has 2 heteroatoms. The van der Waals surface area contributed by atoms with E-state index < -0.39 is 6.08 Å². The summed E-state index contributed by atoms with van der Waals surface area (Å²) < 4.78 is 20.3. The van der Waals surface area contributed by atoms with Crippen molar-refractivity contribution in [2.24, 2.45) is 0 Å². The quantitative estimate of drug-likeness (QED) is 0.336. The highest BCUT2D eigenvalue weighted by Gasteiger charge is 1.65. The Morgan fingerprint density at radius 2 is 0.400 bits per heavy atom. The lowest BCUT2D eigenvalue weighted by atomic mass is 10.8. The Morgan fingerprint density at radius 3 is 0.400 bits per heavy atom. The third-order valence-corrected chi connectivity index (χ3v) is 0. The lowest BCUT2D eigenvalue weighted by molar-refractivity contribution is 0.426. The Kier molecular flexibility index (Phi) is 1070. The highest BCUT2D eigenvalue weighted by Crippen LogP contribution is 1.85. The maximum absolute atomic E-state index is 10.1. The van der Waals surface area contributed by atoms with E-state index in [1.54, 1.807) is 36.5 Å². The van der Waals surface area contributed by atoms with Crippen LogP contribution in [-0.4, -0.2) is 0 Å². The molecule has 0 fully saturated rings. The van der Waals surface area contributed by atoms with Crippen LogP contribution in [0.3, 0.4) is 0 Å². The zero-order valence-electron chi connectivity index (χ0n) is 21.3. The fraction of sp³-hybridized carbons (Fsp3) is 0.214. The normalized spacial score (nSPS) is 4.00. The van der Waals surface area contributed by atoms with Crippen molar-refractivity contribution in [3.8, 4) is 0 Å². The number of allylic oxidation sites excluding steroid dienone is 6. The van der Waals surface area contributed by atoms with Crippen molar-refractivity contribution in [3.05, 3.63) is 141 Å². The molecule has 0 aromatic carbocycles. The van der Waals surface area contributed by atoms with Crippen molar-refractivity contribution in [2.45, 2.75) is 41.5 Å². The van der Waals surface area contributed by atoms with Gasteiger partial charge in [0.25, 0.3) is 6.08 Å². The van der Waals surface area contributed by atoms with Crippen molar-refractivity contribution in [1.82, 2.24) is 0 Å². The molecule has 0 saturated carbocycles. The molecule has 0 nitrogen and oxygen atoms in total. The molecule has 0 rings (SSSR count). The second-order valence-electron chi connectivity index (χ2n) is 2.79. The topological polar surface area (TPSA) is 0 Å². The number of halogens is 2. The van der Waals surface area contributed by atoms with Crippen LogP contribution in [0.4, 0.5) is 8.78 Å². The van der Waals surface area contributed by atoms with Crippen molar-refractivity contribution in [3.63, 3.8) is 0 Å². The maximum Gasteiger partial charge on any atom is 0.263 e. The van der Waals surface area contributed by atoms with E-state index in [1.807, 2.05) is 41.5 Å². The molecule has 0 aromatic heterocycles. The summed E-state index contributed by atoms with van der Waals surface area (Å²) in [6.45, 7) is 57.7. The molecule has 180 valence electrons. The van der Waals surface area contributed by atoms with E-state index in [2.05, 4.69) is 98.7 Å². The molecule has 0 bridgehead atoms. The minimum atomic E-state index is -1.83. The van der Waals surface area contributed by atoms with Crippen LogP contribution in [0, 0.1) is 0 Å². The summed E-state index contributed by atoms with van der Waals surface area (Å²) >= 11 is 0. The summed E-state index contributed by atoms with van der Waals surface area (Å²) in [5.41, 5.74) is 0. The molecule has 0 heterocycles. The Bertz CT molecular complexity index is 205. The van der Waals surface area contributed by atoms with Gasteiger partial charge in [-0.2, -0.15) is 8.78 Å². The summed E-state index contributed by atoms with van der Waals surface area (Å²) in [6.07, 6.45) is 8.67. The molecule has 0 N–H and O–H groups in total. The molecular formula is C28H54F2. The summed E-state index contributed by atoms with van der Waals surface area (Å²) in [5, 5.41) is 0. The van der Waals surface area contributed by atoms with Gasteiger partial charge in [0, 0.05) is 0 Å². The molecule has 0 aliphatic carbocycles. The summed E-state index contributed by atoms with van der Waals surface area (Å²) in [4.78, 5) is 0. The summed E-state index contributed by atoms with van der Waals surface area (Å²) in [5.74, 6) is 0. The monoisotopic (exact) mass is 428 g/mol. The van der Waals surface area contributed by atoms with Gasteiger partial charge in [-0.15, -0.1) is 92.1 Å². The van der Waals surface area contributed by atoms with Gasteiger partial charge in [-0.25, -0.2) is 0 Å². The first-order valence-electron chi connectivity index (χ1n) is 8.65. The average Bonchev–Trinajstić information content (AvgIpc) is 2.71. The predicted molar refractivity (Wildman–Crippen MR) is 152 cm³/mol. The second kappa shape index (κ2) is 451.